The third-order valence-electron chi connectivity index (χ3n) is 4.67. The van der Waals surface area contributed by atoms with Crippen LogP contribution in [0.5, 0.6) is 0 Å². The summed E-state index contributed by atoms with van der Waals surface area (Å²) in [6, 6.07) is 12.8. The Morgan fingerprint density at radius 2 is 1.75 bits per heavy atom. The molecule has 3 rings (SSSR count). The van der Waals surface area contributed by atoms with E-state index in [-0.39, 0.29) is 5.41 Å². The number of allylic oxidation sites excluding steroid dienone is 2. The Balaban J connectivity index is 2.21. The van der Waals surface area contributed by atoms with E-state index in [4.69, 9.17) is 0 Å². The second-order valence-electron chi connectivity index (χ2n) is 7.43. The maximum Gasteiger partial charge on any atom is 0.0459 e. The highest BCUT2D eigenvalue weighted by atomic mass is 14.9. The van der Waals surface area contributed by atoms with Crippen LogP contribution in [0.1, 0.15) is 48.6 Å². The number of para-hydroxylation sites is 1. The van der Waals surface area contributed by atoms with Crippen molar-refractivity contribution in [2.24, 2.45) is 0 Å². The van der Waals surface area contributed by atoms with E-state index < -0.39 is 0 Å². The summed E-state index contributed by atoms with van der Waals surface area (Å²) in [4.78, 5) is 0. The lowest BCUT2D eigenvalue weighted by molar-refractivity contribution is 0.588. The van der Waals surface area contributed by atoms with Gasteiger partial charge in [0.25, 0.3) is 0 Å². The molecule has 0 radical (unpaired) electrons. The fourth-order valence-corrected chi connectivity index (χ4v) is 3.28. The molecular weight excluding hydrogens is 290 g/mol. The van der Waals surface area contributed by atoms with Crippen molar-refractivity contribution in [1.29, 1.82) is 0 Å². The molecule has 1 heteroatoms. The van der Waals surface area contributed by atoms with E-state index in [2.05, 4.69) is 82.7 Å². The molecule has 0 amide bonds. The van der Waals surface area contributed by atoms with E-state index in [0.29, 0.717) is 0 Å². The number of hydrogen-bond acceptors (Lipinski definition) is 1. The van der Waals surface area contributed by atoms with Gasteiger partial charge in [-0.2, -0.15) is 0 Å². The molecule has 0 unspecified atom stereocenters. The molecule has 0 fully saturated rings. The van der Waals surface area contributed by atoms with Crippen molar-refractivity contribution in [3.8, 4) is 0 Å². The van der Waals surface area contributed by atoms with Crippen LogP contribution in [-0.4, -0.2) is 0 Å². The molecule has 24 heavy (non-hydrogen) atoms. The molecule has 0 aromatic heterocycles. The quantitative estimate of drug-likeness (QED) is 0.674. The topological polar surface area (TPSA) is 12.0 Å². The van der Waals surface area contributed by atoms with Gasteiger partial charge >= 0.3 is 0 Å². The van der Waals surface area contributed by atoms with Crippen LogP contribution < -0.4 is 5.32 Å². The lowest BCUT2D eigenvalue weighted by Gasteiger charge is -2.28. The van der Waals surface area contributed by atoms with E-state index in [0.717, 1.165) is 22.4 Å². The Bertz CT molecular complexity index is 860. The molecule has 2 aromatic rings. The second kappa shape index (κ2) is 5.83. The monoisotopic (exact) mass is 315 g/mol. The minimum absolute atomic E-state index is 0.0535. The third-order valence-corrected chi connectivity index (χ3v) is 4.67. The first-order valence-corrected chi connectivity index (χ1v) is 8.36. The fourth-order valence-electron chi connectivity index (χ4n) is 3.28. The van der Waals surface area contributed by atoms with Crippen LogP contribution in [0.4, 0.5) is 5.69 Å². The van der Waals surface area contributed by atoms with Crippen LogP contribution >= 0.6 is 0 Å². The van der Waals surface area contributed by atoms with Crippen molar-refractivity contribution in [2.45, 2.75) is 33.1 Å². The number of anilines is 1. The van der Waals surface area contributed by atoms with E-state index in [1.54, 1.807) is 0 Å². The predicted octanol–water partition coefficient (Wildman–Crippen LogP) is 6.42. The molecule has 1 heterocycles. The first kappa shape index (κ1) is 16.3. The molecule has 1 aliphatic heterocycles. The van der Waals surface area contributed by atoms with Gasteiger partial charge in [0.1, 0.15) is 0 Å². The highest BCUT2D eigenvalue weighted by molar-refractivity contribution is 6.09. The highest BCUT2D eigenvalue weighted by Crippen LogP contribution is 2.42. The summed E-state index contributed by atoms with van der Waals surface area (Å²) < 4.78 is 0. The first-order valence-electron chi connectivity index (χ1n) is 8.36. The van der Waals surface area contributed by atoms with Crippen molar-refractivity contribution >= 4 is 22.9 Å². The Morgan fingerprint density at radius 1 is 1.04 bits per heavy atom. The van der Waals surface area contributed by atoms with Crippen LogP contribution in [0, 0.1) is 6.92 Å². The maximum absolute atomic E-state index is 4.38. The molecule has 122 valence electrons. The fraction of sp³-hybridized carbons (Fsp3) is 0.217. The predicted molar refractivity (Wildman–Crippen MR) is 107 cm³/mol. The summed E-state index contributed by atoms with van der Waals surface area (Å²) in [6.07, 6.45) is 4.01. The van der Waals surface area contributed by atoms with Gasteiger partial charge in [-0.25, -0.2) is 0 Å². The van der Waals surface area contributed by atoms with Crippen molar-refractivity contribution in [3.63, 3.8) is 0 Å². The zero-order chi connectivity index (χ0) is 17.5. The lowest BCUT2D eigenvalue weighted by atomic mass is 9.77. The number of hydrogen-bond donors (Lipinski definition) is 1. The van der Waals surface area contributed by atoms with E-state index in [1.807, 2.05) is 12.1 Å². The number of rotatable bonds is 2. The Labute approximate surface area is 145 Å². The molecule has 0 bridgehead atoms. The van der Waals surface area contributed by atoms with Crippen molar-refractivity contribution in [3.05, 3.63) is 83.6 Å². The van der Waals surface area contributed by atoms with Gasteiger partial charge in [0.2, 0.25) is 0 Å². The van der Waals surface area contributed by atoms with Gasteiger partial charge in [-0.05, 0) is 52.3 Å². The number of aryl methyl sites for hydroxylation is 1. The highest BCUT2D eigenvalue weighted by Gasteiger charge is 2.24. The lowest BCUT2D eigenvalue weighted by Crippen LogP contribution is -2.16. The standard InChI is InChI=1S/C23H25N/c1-7-17-13-19(21(12-15(17)2)23(4,5)6)20-14-24-22-11-9-8-10-18(22)16(20)3/h7-14,24H,1,3H2,2,4-6H3. The van der Waals surface area contributed by atoms with Gasteiger partial charge in [0.05, 0.1) is 0 Å². The molecule has 1 nitrogen and oxygen atoms in total. The summed E-state index contributed by atoms with van der Waals surface area (Å²) in [5.41, 5.74) is 9.54. The Kier molecular flexibility index (Phi) is 3.96. The third kappa shape index (κ3) is 2.71. The number of benzene rings is 2. The Morgan fingerprint density at radius 3 is 2.42 bits per heavy atom. The summed E-state index contributed by atoms with van der Waals surface area (Å²) in [5, 5.41) is 3.42. The molecule has 0 atom stereocenters. The summed E-state index contributed by atoms with van der Waals surface area (Å²) in [7, 11) is 0. The molecular formula is C23H25N. The molecule has 0 spiro atoms. The van der Waals surface area contributed by atoms with Crippen molar-refractivity contribution < 1.29 is 0 Å². The van der Waals surface area contributed by atoms with Crippen LogP contribution in [0.3, 0.4) is 0 Å². The number of fused-ring (bicyclic) bond motifs is 1. The van der Waals surface area contributed by atoms with Crippen molar-refractivity contribution in [1.82, 2.24) is 0 Å². The average Bonchev–Trinajstić information content (AvgIpc) is 2.55. The van der Waals surface area contributed by atoms with Crippen LogP contribution in [0.25, 0.3) is 17.2 Å². The van der Waals surface area contributed by atoms with Crippen LogP contribution in [0.15, 0.2) is 55.8 Å². The minimum Gasteiger partial charge on any atom is -0.361 e. The number of nitrogens with one attached hydrogen (secondary N) is 1. The molecule has 0 aliphatic carbocycles. The van der Waals surface area contributed by atoms with E-state index >= 15 is 0 Å². The summed E-state index contributed by atoms with van der Waals surface area (Å²) in [6.45, 7) is 17.3. The molecule has 2 aromatic carbocycles. The molecule has 0 saturated carbocycles. The summed E-state index contributed by atoms with van der Waals surface area (Å²) in [5.74, 6) is 0. The second-order valence-corrected chi connectivity index (χ2v) is 7.43. The van der Waals surface area contributed by atoms with Gasteiger partial charge in [0.15, 0.2) is 0 Å². The van der Waals surface area contributed by atoms with E-state index in [1.165, 1.54) is 22.3 Å². The molecule has 1 N–H and O–H groups in total. The first-order chi connectivity index (χ1) is 11.3. The van der Waals surface area contributed by atoms with Gasteiger partial charge in [-0.1, -0.05) is 64.3 Å². The van der Waals surface area contributed by atoms with Crippen LogP contribution in [-0.2, 0) is 5.41 Å². The van der Waals surface area contributed by atoms with Crippen LogP contribution in [0.2, 0.25) is 0 Å². The zero-order valence-corrected chi connectivity index (χ0v) is 15.0. The zero-order valence-electron chi connectivity index (χ0n) is 15.0. The van der Waals surface area contributed by atoms with E-state index in [9.17, 15) is 0 Å². The largest absolute Gasteiger partial charge is 0.361 e. The SMILES string of the molecule is C=Cc1cc(C2=CNc3ccccc3C2=C)c(C(C)(C)C)cc1C. The maximum atomic E-state index is 4.38. The van der Waals surface area contributed by atoms with Gasteiger partial charge in [-0.15, -0.1) is 0 Å². The Hall–Kier alpha value is -2.54. The molecule has 0 saturated heterocycles. The van der Waals surface area contributed by atoms with Gasteiger partial charge < -0.3 is 5.32 Å². The smallest absolute Gasteiger partial charge is 0.0459 e. The van der Waals surface area contributed by atoms with Gasteiger partial charge in [0, 0.05) is 23.0 Å². The van der Waals surface area contributed by atoms with Crippen molar-refractivity contribution in [2.75, 3.05) is 5.32 Å². The summed E-state index contributed by atoms with van der Waals surface area (Å²) >= 11 is 0. The normalized spacial score (nSPS) is 13.8. The minimum atomic E-state index is 0.0535. The van der Waals surface area contributed by atoms with Gasteiger partial charge in [-0.3, -0.25) is 0 Å². The molecule has 1 aliphatic rings. The average molecular weight is 315 g/mol.